The summed E-state index contributed by atoms with van der Waals surface area (Å²) in [5.41, 5.74) is 2.34. The van der Waals surface area contributed by atoms with Gasteiger partial charge in [0.25, 0.3) is 0 Å². The van der Waals surface area contributed by atoms with E-state index >= 15 is 0 Å². The number of carbonyl (C=O) groups is 1. The summed E-state index contributed by atoms with van der Waals surface area (Å²) in [5.74, 6) is -1.54. The van der Waals surface area contributed by atoms with Gasteiger partial charge in [0.2, 0.25) is 10.0 Å². The molecule has 2 N–H and O–H groups in total. The van der Waals surface area contributed by atoms with Gasteiger partial charge in [0.05, 0.1) is 20.6 Å². The van der Waals surface area contributed by atoms with Gasteiger partial charge >= 0.3 is 5.97 Å². The van der Waals surface area contributed by atoms with Gasteiger partial charge in [-0.25, -0.2) is 13.4 Å². The van der Waals surface area contributed by atoms with E-state index in [4.69, 9.17) is 5.11 Å². The molecule has 0 saturated heterocycles. The van der Waals surface area contributed by atoms with Crippen molar-refractivity contribution in [1.82, 2.24) is 9.71 Å². The van der Waals surface area contributed by atoms with Gasteiger partial charge in [-0.3, -0.25) is 4.79 Å². The van der Waals surface area contributed by atoms with E-state index in [9.17, 15) is 13.2 Å². The van der Waals surface area contributed by atoms with Crippen molar-refractivity contribution in [2.75, 3.05) is 0 Å². The molecule has 6 nitrogen and oxygen atoms in total. The zero-order valence-corrected chi connectivity index (χ0v) is 12.5. The van der Waals surface area contributed by atoms with Gasteiger partial charge in [0.1, 0.15) is 6.04 Å². The number of rotatable bonds is 5. The van der Waals surface area contributed by atoms with Gasteiger partial charge in [-0.2, -0.15) is 4.72 Å². The number of hydrogen-bond donors (Lipinski definition) is 2. The molecule has 0 amide bonds. The lowest BCUT2D eigenvalue weighted by Crippen LogP contribution is -2.44. The molecular weight excluding hydrogens is 300 g/mol. The second-order valence-electron chi connectivity index (χ2n) is 4.66. The van der Waals surface area contributed by atoms with E-state index in [1.54, 1.807) is 25.4 Å². The maximum absolute atomic E-state index is 12.2. The van der Waals surface area contributed by atoms with Crippen LogP contribution in [0.5, 0.6) is 0 Å². The van der Waals surface area contributed by atoms with Crippen LogP contribution in [0.15, 0.2) is 28.6 Å². The van der Waals surface area contributed by atoms with Crippen LogP contribution in [0.25, 0.3) is 10.2 Å². The van der Waals surface area contributed by atoms with Crippen LogP contribution in [0, 0.1) is 5.92 Å². The highest BCUT2D eigenvalue weighted by Gasteiger charge is 2.28. The molecule has 0 fully saturated rings. The van der Waals surface area contributed by atoms with Crippen LogP contribution in [0.2, 0.25) is 0 Å². The fourth-order valence-electron chi connectivity index (χ4n) is 1.71. The molecule has 8 heteroatoms. The molecule has 2 aromatic rings. The van der Waals surface area contributed by atoms with Crippen molar-refractivity contribution < 1.29 is 18.3 Å². The third-order valence-electron chi connectivity index (χ3n) is 2.83. The minimum Gasteiger partial charge on any atom is -0.480 e. The smallest absolute Gasteiger partial charge is 0.322 e. The lowest BCUT2D eigenvalue weighted by atomic mass is 10.1. The molecule has 1 heterocycles. The molecule has 0 saturated carbocycles. The summed E-state index contributed by atoms with van der Waals surface area (Å²) in [4.78, 5) is 15.2. The Morgan fingerprint density at radius 1 is 1.40 bits per heavy atom. The zero-order chi connectivity index (χ0) is 14.9. The number of carboxylic acids is 1. The lowest BCUT2D eigenvalue weighted by Gasteiger charge is -2.17. The first-order valence-corrected chi connectivity index (χ1v) is 8.26. The minimum absolute atomic E-state index is 0.0427. The first-order valence-electron chi connectivity index (χ1n) is 5.89. The largest absolute Gasteiger partial charge is 0.480 e. The summed E-state index contributed by atoms with van der Waals surface area (Å²) in [6.07, 6.45) is 0. The van der Waals surface area contributed by atoms with Gasteiger partial charge < -0.3 is 5.11 Å². The number of fused-ring (bicyclic) bond motifs is 1. The Morgan fingerprint density at radius 3 is 2.70 bits per heavy atom. The number of sulfonamides is 1. The quantitative estimate of drug-likeness (QED) is 0.875. The number of nitrogens with one attached hydrogen (secondary N) is 1. The monoisotopic (exact) mass is 314 g/mol. The molecule has 0 aliphatic heterocycles. The first kappa shape index (κ1) is 14.9. The Balaban J connectivity index is 2.36. The van der Waals surface area contributed by atoms with Crippen LogP contribution in [-0.4, -0.2) is 30.5 Å². The van der Waals surface area contributed by atoms with Gasteiger partial charge in [-0.15, -0.1) is 11.3 Å². The number of hydrogen-bond acceptors (Lipinski definition) is 5. The van der Waals surface area contributed by atoms with Crippen molar-refractivity contribution in [3.8, 4) is 0 Å². The molecule has 0 bridgehead atoms. The van der Waals surface area contributed by atoms with Gasteiger partial charge in [-0.05, 0) is 24.1 Å². The molecular formula is C12H14N2O4S2. The van der Waals surface area contributed by atoms with E-state index in [2.05, 4.69) is 9.71 Å². The van der Waals surface area contributed by atoms with E-state index in [1.165, 1.54) is 23.5 Å². The Morgan fingerprint density at radius 2 is 2.10 bits per heavy atom. The maximum atomic E-state index is 12.2. The van der Waals surface area contributed by atoms with Gasteiger partial charge in [-0.1, -0.05) is 13.8 Å². The fourth-order valence-corrected chi connectivity index (χ4v) is 3.86. The van der Waals surface area contributed by atoms with Crippen molar-refractivity contribution in [3.63, 3.8) is 0 Å². The average Bonchev–Trinajstić information content (AvgIpc) is 2.82. The molecule has 108 valence electrons. The highest BCUT2D eigenvalue weighted by Crippen LogP contribution is 2.22. The lowest BCUT2D eigenvalue weighted by molar-refractivity contribution is -0.140. The van der Waals surface area contributed by atoms with Crippen molar-refractivity contribution in [3.05, 3.63) is 23.7 Å². The summed E-state index contributed by atoms with van der Waals surface area (Å²) >= 11 is 1.33. The first-order chi connectivity index (χ1) is 9.31. The Kier molecular flexibility index (Phi) is 4.07. The van der Waals surface area contributed by atoms with Crippen LogP contribution in [0.1, 0.15) is 13.8 Å². The summed E-state index contributed by atoms with van der Waals surface area (Å²) in [5, 5.41) is 9.06. The van der Waals surface area contributed by atoms with Crippen molar-refractivity contribution in [2.45, 2.75) is 24.8 Å². The number of carboxylic acid groups (broad SMARTS) is 1. The van der Waals surface area contributed by atoms with Crippen LogP contribution in [0.3, 0.4) is 0 Å². The summed E-state index contributed by atoms with van der Waals surface area (Å²) < 4.78 is 27.4. The predicted molar refractivity (Wildman–Crippen MR) is 76.2 cm³/mol. The van der Waals surface area contributed by atoms with E-state index in [0.29, 0.717) is 5.52 Å². The van der Waals surface area contributed by atoms with Crippen LogP contribution < -0.4 is 4.72 Å². The van der Waals surface area contributed by atoms with Crippen molar-refractivity contribution in [2.24, 2.45) is 5.92 Å². The molecule has 1 aromatic heterocycles. The molecule has 1 unspecified atom stereocenters. The number of aromatic nitrogens is 1. The van der Waals surface area contributed by atoms with E-state index in [1.807, 2.05) is 0 Å². The highest BCUT2D eigenvalue weighted by atomic mass is 32.2. The average molecular weight is 314 g/mol. The Labute approximate surface area is 120 Å². The molecule has 0 aliphatic rings. The Hall–Kier alpha value is -1.51. The van der Waals surface area contributed by atoms with Crippen molar-refractivity contribution in [1.29, 1.82) is 0 Å². The molecule has 1 atom stereocenters. The molecule has 0 radical (unpaired) electrons. The normalized spacial score (nSPS) is 13.8. The topological polar surface area (TPSA) is 96.4 Å². The molecule has 2 rings (SSSR count). The van der Waals surface area contributed by atoms with Crippen LogP contribution in [-0.2, 0) is 14.8 Å². The van der Waals surface area contributed by atoms with E-state index in [0.717, 1.165) is 4.70 Å². The van der Waals surface area contributed by atoms with E-state index in [-0.39, 0.29) is 10.8 Å². The predicted octanol–water partition coefficient (Wildman–Crippen LogP) is 1.68. The SMILES string of the molecule is CC(C)C(NS(=O)(=O)c1ccc2ncsc2c1)C(=O)O. The highest BCUT2D eigenvalue weighted by molar-refractivity contribution is 7.89. The molecule has 0 aliphatic carbocycles. The van der Waals surface area contributed by atoms with E-state index < -0.39 is 22.0 Å². The second-order valence-corrected chi connectivity index (χ2v) is 7.26. The molecule has 1 aromatic carbocycles. The third-order valence-corrected chi connectivity index (χ3v) is 5.06. The number of thiazole rings is 1. The minimum atomic E-state index is -3.87. The fraction of sp³-hybridized carbons (Fsp3) is 0.333. The Bertz CT molecular complexity index is 737. The van der Waals surface area contributed by atoms with Gasteiger partial charge in [0.15, 0.2) is 0 Å². The van der Waals surface area contributed by atoms with Crippen molar-refractivity contribution >= 4 is 37.5 Å². The second kappa shape index (κ2) is 5.47. The van der Waals surface area contributed by atoms with Crippen LogP contribution in [0.4, 0.5) is 0 Å². The zero-order valence-electron chi connectivity index (χ0n) is 10.9. The standard InChI is InChI=1S/C12H14N2O4S2/c1-7(2)11(12(15)16)14-20(17,18)8-3-4-9-10(5-8)19-6-13-9/h3-7,11,14H,1-2H3,(H,15,16). The summed E-state index contributed by atoms with van der Waals surface area (Å²) in [6, 6.07) is 3.36. The maximum Gasteiger partial charge on any atom is 0.322 e. The van der Waals surface area contributed by atoms with Gasteiger partial charge in [0, 0.05) is 0 Å². The summed E-state index contributed by atoms with van der Waals surface area (Å²) in [6.45, 7) is 3.29. The number of benzene rings is 1. The molecule has 0 spiro atoms. The third kappa shape index (κ3) is 2.97. The van der Waals surface area contributed by atoms with Crippen LogP contribution >= 0.6 is 11.3 Å². The molecule has 20 heavy (non-hydrogen) atoms. The number of aliphatic carboxylic acids is 1. The number of nitrogens with zero attached hydrogens (tertiary/aromatic N) is 1. The summed E-state index contributed by atoms with van der Waals surface area (Å²) in [7, 11) is -3.87.